The lowest BCUT2D eigenvalue weighted by Gasteiger charge is -2.09. The molecule has 0 heterocycles. The number of ether oxygens (including phenoxy) is 1. The van der Waals surface area contributed by atoms with Gasteiger partial charge in [0.05, 0.1) is 5.56 Å². The van der Waals surface area contributed by atoms with E-state index in [-0.39, 0.29) is 18.1 Å². The molecular formula is C15H12ClN3O2. The summed E-state index contributed by atoms with van der Waals surface area (Å²) in [5.74, 6) is -0.0362. The summed E-state index contributed by atoms with van der Waals surface area (Å²) in [5, 5.41) is 12.1. The average molecular weight is 302 g/mol. The lowest BCUT2D eigenvalue weighted by atomic mass is 10.2. The molecule has 0 spiro atoms. The fourth-order valence-electron chi connectivity index (χ4n) is 1.67. The highest BCUT2D eigenvalue weighted by atomic mass is 35.5. The van der Waals surface area contributed by atoms with Crippen molar-refractivity contribution in [3.8, 4) is 11.8 Å². The van der Waals surface area contributed by atoms with Crippen LogP contribution in [0, 0.1) is 11.3 Å². The average Bonchev–Trinajstić information content (AvgIpc) is 2.45. The molecule has 0 aliphatic rings. The number of carbonyl (C=O) groups excluding carboxylic acids is 1. The van der Waals surface area contributed by atoms with Crippen molar-refractivity contribution in [1.82, 2.24) is 0 Å². The second kappa shape index (κ2) is 6.64. The SMILES string of the molecule is N#Cc1cc(N)ccc1OCC(=O)Nc1cccc(Cl)c1. The Hall–Kier alpha value is -2.71. The zero-order chi connectivity index (χ0) is 15.2. The molecule has 21 heavy (non-hydrogen) atoms. The van der Waals surface area contributed by atoms with Gasteiger partial charge >= 0.3 is 0 Å². The highest BCUT2D eigenvalue weighted by Crippen LogP contribution is 2.20. The normalized spacial score (nSPS) is 9.71. The number of carbonyl (C=O) groups is 1. The molecule has 106 valence electrons. The van der Waals surface area contributed by atoms with Crippen molar-refractivity contribution in [3.05, 3.63) is 53.1 Å². The van der Waals surface area contributed by atoms with Gasteiger partial charge in [0, 0.05) is 16.4 Å². The standard InChI is InChI=1S/C15H12ClN3O2/c16-11-2-1-3-13(7-11)19-15(20)9-21-14-5-4-12(18)6-10(14)8-17/h1-7H,9,18H2,(H,19,20). The van der Waals surface area contributed by atoms with Crippen LogP contribution in [0.4, 0.5) is 11.4 Å². The highest BCUT2D eigenvalue weighted by Gasteiger charge is 2.08. The monoisotopic (exact) mass is 301 g/mol. The van der Waals surface area contributed by atoms with Crippen LogP contribution in [-0.4, -0.2) is 12.5 Å². The first-order valence-electron chi connectivity index (χ1n) is 6.06. The van der Waals surface area contributed by atoms with Crippen molar-refractivity contribution in [1.29, 1.82) is 5.26 Å². The van der Waals surface area contributed by atoms with Crippen LogP contribution in [0.3, 0.4) is 0 Å². The molecule has 0 unspecified atom stereocenters. The topological polar surface area (TPSA) is 88.1 Å². The van der Waals surface area contributed by atoms with E-state index in [0.717, 1.165) is 0 Å². The van der Waals surface area contributed by atoms with E-state index in [1.807, 2.05) is 6.07 Å². The fourth-order valence-corrected chi connectivity index (χ4v) is 1.86. The minimum absolute atomic E-state index is 0.217. The molecule has 2 aromatic carbocycles. The van der Waals surface area contributed by atoms with Gasteiger partial charge in [0.1, 0.15) is 11.8 Å². The first-order chi connectivity index (χ1) is 10.1. The van der Waals surface area contributed by atoms with Gasteiger partial charge in [0.2, 0.25) is 0 Å². The third-order valence-corrected chi connectivity index (χ3v) is 2.83. The summed E-state index contributed by atoms with van der Waals surface area (Å²) < 4.78 is 5.32. The number of amides is 1. The van der Waals surface area contributed by atoms with Gasteiger partial charge in [-0.1, -0.05) is 17.7 Å². The number of benzene rings is 2. The zero-order valence-corrected chi connectivity index (χ0v) is 11.7. The predicted octanol–water partition coefficient (Wildman–Crippen LogP) is 2.81. The van der Waals surface area contributed by atoms with Crippen LogP contribution in [0.25, 0.3) is 0 Å². The van der Waals surface area contributed by atoms with Crippen LogP contribution in [0.1, 0.15) is 5.56 Å². The Morgan fingerprint density at radius 2 is 2.14 bits per heavy atom. The quantitative estimate of drug-likeness (QED) is 0.850. The Kier molecular flexibility index (Phi) is 4.64. The summed E-state index contributed by atoms with van der Waals surface area (Å²) >= 11 is 5.83. The fraction of sp³-hybridized carbons (Fsp3) is 0.0667. The summed E-state index contributed by atoms with van der Waals surface area (Å²) in [4.78, 5) is 11.8. The number of anilines is 2. The zero-order valence-electron chi connectivity index (χ0n) is 11.0. The van der Waals surface area contributed by atoms with Crippen LogP contribution in [0.5, 0.6) is 5.75 Å². The number of nitrogens with one attached hydrogen (secondary N) is 1. The van der Waals surface area contributed by atoms with Crippen molar-refractivity contribution in [2.75, 3.05) is 17.7 Å². The molecule has 2 rings (SSSR count). The summed E-state index contributed by atoms with van der Waals surface area (Å²) in [6.07, 6.45) is 0. The first kappa shape index (κ1) is 14.7. The molecule has 0 saturated heterocycles. The van der Waals surface area contributed by atoms with Crippen LogP contribution in [0.2, 0.25) is 5.02 Å². The maximum Gasteiger partial charge on any atom is 0.262 e. The summed E-state index contributed by atoms with van der Waals surface area (Å²) in [6, 6.07) is 13.4. The van der Waals surface area contributed by atoms with Gasteiger partial charge in [-0.15, -0.1) is 0 Å². The third-order valence-electron chi connectivity index (χ3n) is 2.59. The van der Waals surface area contributed by atoms with Crippen LogP contribution in [-0.2, 0) is 4.79 Å². The van der Waals surface area contributed by atoms with Crippen molar-refractivity contribution < 1.29 is 9.53 Å². The van der Waals surface area contributed by atoms with Crippen molar-refractivity contribution in [3.63, 3.8) is 0 Å². The Morgan fingerprint density at radius 3 is 2.86 bits per heavy atom. The molecule has 0 saturated carbocycles. The van der Waals surface area contributed by atoms with Gasteiger partial charge < -0.3 is 15.8 Å². The molecular weight excluding hydrogens is 290 g/mol. The number of hydrogen-bond acceptors (Lipinski definition) is 4. The number of nitrogens with two attached hydrogens (primary N) is 1. The number of rotatable bonds is 4. The van der Waals surface area contributed by atoms with Crippen LogP contribution in [0.15, 0.2) is 42.5 Å². The summed E-state index contributed by atoms with van der Waals surface area (Å²) in [6.45, 7) is -0.217. The van der Waals surface area contributed by atoms with Gasteiger partial charge in [0.15, 0.2) is 6.61 Å². The molecule has 0 fully saturated rings. The number of nitrogens with zero attached hydrogens (tertiary/aromatic N) is 1. The van der Waals surface area contributed by atoms with Crippen LogP contribution < -0.4 is 15.8 Å². The smallest absolute Gasteiger partial charge is 0.262 e. The van der Waals surface area contributed by atoms with Gasteiger partial charge in [-0.25, -0.2) is 0 Å². The third kappa shape index (κ3) is 4.13. The molecule has 0 radical (unpaired) electrons. The summed E-state index contributed by atoms with van der Waals surface area (Å²) in [5.41, 5.74) is 6.90. The Labute approximate surface area is 126 Å². The van der Waals surface area contributed by atoms with E-state index < -0.39 is 0 Å². The molecule has 0 bridgehead atoms. The number of nitrogen functional groups attached to an aromatic ring is 1. The van der Waals surface area contributed by atoms with Crippen molar-refractivity contribution >= 4 is 28.9 Å². The van der Waals surface area contributed by atoms with E-state index in [0.29, 0.717) is 22.1 Å². The van der Waals surface area contributed by atoms with Gasteiger partial charge in [0.25, 0.3) is 5.91 Å². The van der Waals surface area contributed by atoms with Crippen molar-refractivity contribution in [2.24, 2.45) is 0 Å². The molecule has 1 amide bonds. The molecule has 0 atom stereocenters. The minimum atomic E-state index is -0.349. The van der Waals surface area contributed by atoms with E-state index in [2.05, 4.69) is 5.32 Å². The molecule has 2 aromatic rings. The van der Waals surface area contributed by atoms with E-state index in [9.17, 15) is 4.79 Å². The van der Waals surface area contributed by atoms with Gasteiger partial charge in [-0.2, -0.15) is 5.26 Å². The molecule has 5 nitrogen and oxygen atoms in total. The number of nitriles is 1. The second-order valence-corrected chi connectivity index (χ2v) is 4.65. The minimum Gasteiger partial charge on any atom is -0.482 e. The van der Waals surface area contributed by atoms with E-state index >= 15 is 0 Å². The second-order valence-electron chi connectivity index (χ2n) is 4.21. The maximum absolute atomic E-state index is 11.8. The molecule has 0 aliphatic carbocycles. The summed E-state index contributed by atoms with van der Waals surface area (Å²) in [7, 11) is 0. The van der Waals surface area contributed by atoms with Crippen molar-refractivity contribution in [2.45, 2.75) is 0 Å². The Balaban J connectivity index is 1.97. The van der Waals surface area contributed by atoms with E-state index in [1.54, 1.807) is 36.4 Å². The first-order valence-corrected chi connectivity index (χ1v) is 6.44. The Morgan fingerprint density at radius 1 is 1.33 bits per heavy atom. The van der Waals surface area contributed by atoms with Gasteiger partial charge in [-0.3, -0.25) is 4.79 Å². The van der Waals surface area contributed by atoms with E-state index in [1.165, 1.54) is 6.07 Å². The van der Waals surface area contributed by atoms with Crippen LogP contribution >= 0.6 is 11.6 Å². The number of hydrogen-bond donors (Lipinski definition) is 2. The molecule has 6 heteroatoms. The predicted molar refractivity (Wildman–Crippen MR) is 81.1 cm³/mol. The van der Waals surface area contributed by atoms with E-state index in [4.69, 9.17) is 27.3 Å². The Bertz CT molecular complexity index is 710. The largest absolute Gasteiger partial charge is 0.482 e. The highest BCUT2D eigenvalue weighted by molar-refractivity contribution is 6.30. The number of halogens is 1. The maximum atomic E-state index is 11.8. The lowest BCUT2D eigenvalue weighted by molar-refractivity contribution is -0.118. The van der Waals surface area contributed by atoms with Gasteiger partial charge in [-0.05, 0) is 36.4 Å². The molecule has 0 aromatic heterocycles. The molecule has 0 aliphatic heterocycles. The molecule has 3 N–H and O–H groups in total. The lowest BCUT2D eigenvalue weighted by Crippen LogP contribution is -2.20.